The van der Waals surface area contributed by atoms with Crippen molar-refractivity contribution < 1.29 is 9.84 Å². The Kier molecular flexibility index (Phi) is 5.17. The monoisotopic (exact) mass is 249 g/mol. The maximum atomic E-state index is 9.00. The van der Waals surface area contributed by atoms with E-state index in [4.69, 9.17) is 9.84 Å². The molecular weight excluding hydrogens is 226 g/mol. The first-order valence-corrected chi connectivity index (χ1v) is 6.73. The van der Waals surface area contributed by atoms with Crippen LogP contribution in [0.2, 0.25) is 0 Å². The number of nitrogens with zero attached hydrogens (tertiary/aromatic N) is 1. The molecule has 3 nitrogen and oxygen atoms in total. The Labute approximate surface area is 109 Å². The summed E-state index contributed by atoms with van der Waals surface area (Å²) < 4.78 is 5.51. The fraction of sp³-hybridized carbons (Fsp3) is 0.600. The molecule has 0 amide bonds. The third kappa shape index (κ3) is 4.09. The van der Waals surface area contributed by atoms with Crippen LogP contribution in [-0.4, -0.2) is 36.8 Å². The van der Waals surface area contributed by atoms with Crippen molar-refractivity contribution in [3.8, 4) is 0 Å². The van der Waals surface area contributed by atoms with E-state index in [-0.39, 0.29) is 6.61 Å². The SMILES string of the molecule is CN(Cc1ccc(CO)cc1)CC1CCCOC1. The van der Waals surface area contributed by atoms with Crippen molar-refractivity contribution in [1.82, 2.24) is 4.90 Å². The molecule has 1 atom stereocenters. The second-order valence-electron chi connectivity index (χ2n) is 5.25. The minimum atomic E-state index is 0.121. The highest BCUT2D eigenvalue weighted by atomic mass is 16.5. The summed E-state index contributed by atoms with van der Waals surface area (Å²) in [6.07, 6.45) is 2.48. The van der Waals surface area contributed by atoms with Crippen LogP contribution in [0.15, 0.2) is 24.3 Å². The van der Waals surface area contributed by atoms with Crippen LogP contribution >= 0.6 is 0 Å². The lowest BCUT2D eigenvalue weighted by atomic mass is 10.0. The Hall–Kier alpha value is -0.900. The van der Waals surface area contributed by atoms with E-state index in [1.165, 1.54) is 18.4 Å². The molecule has 0 spiro atoms. The Balaban J connectivity index is 1.80. The number of hydrogen-bond acceptors (Lipinski definition) is 3. The summed E-state index contributed by atoms with van der Waals surface area (Å²) in [6, 6.07) is 8.18. The molecule has 0 bridgehead atoms. The lowest BCUT2D eigenvalue weighted by Gasteiger charge is -2.27. The van der Waals surface area contributed by atoms with Crippen molar-refractivity contribution in [3.63, 3.8) is 0 Å². The molecule has 1 fully saturated rings. The van der Waals surface area contributed by atoms with Crippen LogP contribution in [0.1, 0.15) is 24.0 Å². The Morgan fingerprint density at radius 3 is 2.61 bits per heavy atom. The Morgan fingerprint density at radius 1 is 1.28 bits per heavy atom. The number of aliphatic hydroxyl groups is 1. The maximum Gasteiger partial charge on any atom is 0.0681 e. The number of rotatable bonds is 5. The van der Waals surface area contributed by atoms with Crippen LogP contribution in [0.4, 0.5) is 0 Å². The molecule has 100 valence electrons. The van der Waals surface area contributed by atoms with Gasteiger partial charge in [-0.25, -0.2) is 0 Å². The van der Waals surface area contributed by atoms with E-state index in [0.717, 1.165) is 31.9 Å². The maximum absolute atomic E-state index is 9.00. The molecule has 1 aromatic carbocycles. The van der Waals surface area contributed by atoms with Crippen molar-refractivity contribution in [2.75, 3.05) is 26.8 Å². The summed E-state index contributed by atoms with van der Waals surface area (Å²) in [4.78, 5) is 2.35. The predicted molar refractivity (Wildman–Crippen MR) is 72.2 cm³/mol. The summed E-state index contributed by atoms with van der Waals surface area (Å²) in [5, 5.41) is 9.00. The molecule has 1 saturated heterocycles. The zero-order valence-corrected chi connectivity index (χ0v) is 11.1. The lowest BCUT2D eigenvalue weighted by molar-refractivity contribution is 0.0411. The zero-order valence-electron chi connectivity index (χ0n) is 11.1. The van der Waals surface area contributed by atoms with Crippen LogP contribution in [0.25, 0.3) is 0 Å². The first-order valence-electron chi connectivity index (χ1n) is 6.73. The van der Waals surface area contributed by atoms with Gasteiger partial charge in [0.15, 0.2) is 0 Å². The minimum absolute atomic E-state index is 0.121. The number of aliphatic hydroxyl groups excluding tert-OH is 1. The van der Waals surface area contributed by atoms with E-state index in [9.17, 15) is 0 Å². The van der Waals surface area contributed by atoms with Gasteiger partial charge in [0.2, 0.25) is 0 Å². The van der Waals surface area contributed by atoms with Gasteiger partial charge in [-0.2, -0.15) is 0 Å². The fourth-order valence-corrected chi connectivity index (χ4v) is 2.52. The number of hydrogen-bond donors (Lipinski definition) is 1. The molecule has 0 saturated carbocycles. The molecule has 1 aromatic rings. The van der Waals surface area contributed by atoms with Gasteiger partial charge in [-0.05, 0) is 36.9 Å². The van der Waals surface area contributed by atoms with E-state index in [1.807, 2.05) is 12.1 Å². The highest BCUT2D eigenvalue weighted by Gasteiger charge is 2.15. The van der Waals surface area contributed by atoms with Gasteiger partial charge in [-0.3, -0.25) is 0 Å². The summed E-state index contributed by atoms with van der Waals surface area (Å²) in [6.45, 7) is 4.02. The van der Waals surface area contributed by atoms with Crippen molar-refractivity contribution in [3.05, 3.63) is 35.4 Å². The molecule has 0 aliphatic carbocycles. The van der Waals surface area contributed by atoms with Gasteiger partial charge in [-0.15, -0.1) is 0 Å². The second kappa shape index (κ2) is 6.88. The van der Waals surface area contributed by atoms with Gasteiger partial charge < -0.3 is 14.7 Å². The van der Waals surface area contributed by atoms with Gasteiger partial charge in [-0.1, -0.05) is 24.3 Å². The van der Waals surface area contributed by atoms with Gasteiger partial charge in [0.05, 0.1) is 13.2 Å². The smallest absolute Gasteiger partial charge is 0.0681 e. The van der Waals surface area contributed by atoms with Gasteiger partial charge >= 0.3 is 0 Å². The summed E-state index contributed by atoms with van der Waals surface area (Å²) in [5.74, 6) is 0.681. The normalized spacial score (nSPS) is 20.3. The van der Waals surface area contributed by atoms with Crippen molar-refractivity contribution in [1.29, 1.82) is 0 Å². The lowest BCUT2D eigenvalue weighted by Crippen LogP contribution is -2.30. The molecule has 1 unspecified atom stereocenters. The Bertz CT molecular complexity index is 344. The highest BCUT2D eigenvalue weighted by Crippen LogP contribution is 2.15. The highest BCUT2D eigenvalue weighted by molar-refractivity contribution is 5.21. The van der Waals surface area contributed by atoms with Crippen LogP contribution < -0.4 is 0 Å². The molecular formula is C15H23NO2. The average molecular weight is 249 g/mol. The van der Waals surface area contributed by atoms with E-state index >= 15 is 0 Å². The molecule has 2 rings (SSSR count). The quantitative estimate of drug-likeness (QED) is 0.867. The average Bonchev–Trinajstić information content (AvgIpc) is 2.40. The largest absolute Gasteiger partial charge is 0.392 e. The van der Waals surface area contributed by atoms with E-state index < -0.39 is 0 Å². The molecule has 1 aliphatic heterocycles. The first kappa shape index (κ1) is 13.5. The number of benzene rings is 1. The summed E-state index contributed by atoms with van der Waals surface area (Å²) in [7, 11) is 2.16. The number of ether oxygens (including phenoxy) is 1. The third-order valence-corrected chi connectivity index (χ3v) is 3.48. The molecule has 1 aliphatic rings. The standard InChI is InChI=1S/C15H23NO2/c1-16(10-15-3-2-8-18-12-15)9-13-4-6-14(11-17)7-5-13/h4-7,15,17H,2-3,8-12H2,1H3. The molecule has 1 N–H and O–H groups in total. The summed E-state index contributed by atoms with van der Waals surface area (Å²) in [5.41, 5.74) is 2.27. The van der Waals surface area contributed by atoms with Crippen LogP contribution in [0.5, 0.6) is 0 Å². The van der Waals surface area contributed by atoms with Crippen molar-refractivity contribution in [2.24, 2.45) is 5.92 Å². The van der Waals surface area contributed by atoms with Gasteiger partial charge in [0.1, 0.15) is 0 Å². The topological polar surface area (TPSA) is 32.7 Å². The van der Waals surface area contributed by atoms with E-state index in [0.29, 0.717) is 5.92 Å². The van der Waals surface area contributed by atoms with Crippen LogP contribution in [-0.2, 0) is 17.9 Å². The third-order valence-electron chi connectivity index (χ3n) is 3.48. The zero-order chi connectivity index (χ0) is 12.8. The molecule has 0 aromatic heterocycles. The molecule has 18 heavy (non-hydrogen) atoms. The fourth-order valence-electron chi connectivity index (χ4n) is 2.52. The van der Waals surface area contributed by atoms with Crippen molar-refractivity contribution in [2.45, 2.75) is 26.0 Å². The van der Waals surface area contributed by atoms with Crippen LogP contribution in [0.3, 0.4) is 0 Å². The first-order chi connectivity index (χ1) is 8.78. The van der Waals surface area contributed by atoms with E-state index in [2.05, 4.69) is 24.1 Å². The molecule has 0 radical (unpaired) electrons. The Morgan fingerprint density at radius 2 is 2.00 bits per heavy atom. The molecule has 3 heteroatoms. The van der Waals surface area contributed by atoms with Gasteiger partial charge in [0.25, 0.3) is 0 Å². The minimum Gasteiger partial charge on any atom is -0.392 e. The summed E-state index contributed by atoms with van der Waals surface area (Å²) >= 11 is 0. The molecule has 1 heterocycles. The van der Waals surface area contributed by atoms with E-state index in [1.54, 1.807) is 0 Å². The second-order valence-corrected chi connectivity index (χ2v) is 5.25. The van der Waals surface area contributed by atoms with Gasteiger partial charge in [0, 0.05) is 19.7 Å². The van der Waals surface area contributed by atoms with Crippen molar-refractivity contribution >= 4 is 0 Å². The predicted octanol–water partition coefficient (Wildman–Crippen LogP) is 2.04. The van der Waals surface area contributed by atoms with Crippen LogP contribution in [0, 0.1) is 5.92 Å².